The summed E-state index contributed by atoms with van der Waals surface area (Å²) < 4.78 is 6.32. The van der Waals surface area contributed by atoms with E-state index in [4.69, 9.17) is 27.9 Å². The molecule has 40 heavy (non-hydrogen) atoms. The number of hydrogen-bond acceptors (Lipinski definition) is 7. The first kappa shape index (κ1) is 26.1. The van der Waals surface area contributed by atoms with Crippen molar-refractivity contribution in [3.05, 3.63) is 78.2 Å². The number of carbonyl (C=O) groups excluding carboxylic acids is 2. The molecule has 0 spiro atoms. The van der Waals surface area contributed by atoms with Crippen molar-refractivity contribution in [1.82, 2.24) is 9.88 Å². The summed E-state index contributed by atoms with van der Waals surface area (Å²) in [6.45, 7) is -0.320. The Kier molecular flexibility index (Phi) is 6.30. The van der Waals surface area contributed by atoms with Crippen LogP contribution in [0, 0.1) is 29.6 Å². The van der Waals surface area contributed by atoms with E-state index in [0.29, 0.717) is 28.8 Å². The molecule has 2 N–H and O–H groups in total. The lowest BCUT2D eigenvalue weighted by Gasteiger charge is -2.43. The third kappa shape index (κ3) is 4.02. The minimum absolute atomic E-state index is 0.0291. The zero-order valence-electron chi connectivity index (χ0n) is 20.7. The van der Waals surface area contributed by atoms with E-state index in [1.54, 1.807) is 30.0 Å². The van der Waals surface area contributed by atoms with Crippen molar-refractivity contribution >= 4 is 64.1 Å². The predicted octanol–water partition coefficient (Wildman–Crippen LogP) is 4.88. The van der Waals surface area contributed by atoms with Gasteiger partial charge in [0.2, 0.25) is 11.8 Å². The highest BCUT2D eigenvalue weighted by Gasteiger charge is 2.69. The molecule has 12 heteroatoms. The van der Waals surface area contributed by atoms with Crippen LogP contribution in [0.25, 0.3) is 0 Å². The molecule has 3 heterocycles. The maximum atomic E-state index is 13.4. The quantitative estimate of drug-likeness (QED) is 0.379. The summed E-state index contributed by atoms with van der Waals surface area (Å²) in [6, 6.07) is 12.8. The molecule has 3 aromatic rings. The van der Waals surface area contributed by atoms with E-state index in [0.717, 1.165) is 37.3 Å². The van der Waals surface area contributed by atoms with Crippen molar-refractivity contribution in [3.63, 3.8) is 0 Å². The molecular formula is C28H22Cl2N2O6S2. The first-order valence-electron chi connectivity index (χ1n) is 12.8. The fourth-order valence-electron chi connectivity index (χ4n) is 7.35. The molecule has 6 unspecified atom stereocenters. The number of H-pyrrole nitrogens is 1. The number of hydrogen-bond donors (Lipinski definition) is 2. The van der Waals surface area contributed by atoms with E-state index in [2.05, 4.69) is 4.98 Å². The van der Waals surface area contributed by atoms with Crippen LogP contribution in [0.5, 0.6) is 5.75 Å². The minimum Gasteiger partial charge on any atom is -0.489 e. The Labute approximate surface area is 246 Å². The standard InChI is InChI=1S/C28H22Cl2N2O6S2/c29-12-3-1-11(2-4-12)10-38-17-6-5-13(30)7-14(17)19-20-15-8-16(23(20)39-25-24(19)40-28(37)31-25)22-21(15)26(35)32(27(22)36)9-18(33)34/h1-7,15-16,19-23H,8-10H2,(H,31,37)(H,33,34)/t15?,16?,19-,20?,21?,22?,23?/m1/s1. The second-order valence-electron chi connectivity index (χ2n) is 10.7. The van der Waals surface area contributed by atoms with Crippen LogP contribution >= 0.6 is 46.3 Å². The Morgan fingerprint density at radius 2 is 1.73 bits per heavy atom. The molecule has 2 saturated carbocycles. The Morgan fingerprint density at radius 1 is 1.02 bits per heavy atom. The van der Waals surface area contributed by atoms with E-state index < -0.39 is 30.3 Å². The van der Waals surface area contributed by atoms with E-state index >= 15 is 0 Å². The molecule has 206 valence electrons. The first-order valence-corrected chi connectivity index (χ1v) is 15.3. The van der Waals surface area contributed by atoms with Crippen LogP contribution in [0.1, 0.15) is 28.3 Å². The predicted molar refractivity (Wildman–Crippen MR) is 150 cm³/mol. The summed E-state index contributed by atoms with van der Waals surface area (Å²) in [5, 5.41) is 11.2. The van der Waals surface area contributed by atoms with Crippen LogP contribution in [0.2, 0.25) is 10.0 Å². The van der Waals surface area contributed by atoms with Gasteiger partial charge in [-0.25, -0.2) is 0 Å². The Hall–Kier alpha value is -2.79. The number of halogens is 2. The molecule has 2 aliphatic heterocycles. The minimum atomic E-state index is -1.21. The fourth-order valence-corrected chi connectivity index (χ4v) is 10.5. The normalized spacial score (nSPS) is 29.9. The summed E-state index contributed by atoms with van der Waals surface area (Å²) in [6.07, 6.45) is 0.702. The van der Waals surface area contributed by atoms with Crippen LogP contribution in [-0.4, -0.2) is 44.6 Å². The van der Waals surface area contributed by atoms with Gasteiger partial charge in [-0.05, 0) is 60.1 Å². The van der Waals surface area contributed by atoms with Crippen molar-refractivity contribution in [2.45, 2.75) is 29.2 Å². The smallest absolute Gasteiger partial charge is 0.323 e. The second kappa shape index (κ2) is 9.65. The molecule has 1 aromatic heterocycles. The lowest BCUT2D eigenvalue weighted by Crippen LogP contribution is -2.42. The van der Waals surface area contributed by atoms with Gasteiger partial charge in [0, 0.05) is 31.7 Å². The van der Waals surface area contributed by atoms with E-state index in [1.165, 1.54) is 0 Å². The van der Waals surface area contributed by atoms with Crippen LogP contribution in [0.3, 0.4) is 0 Å². The Morgan fingerprint density at radius 3 is 2.45 bits per heavy atom. The van der Waals surface area contributed by atoms with Gasteiger partial charge in [-0.1, -0.05) is 46.7 Å². The fraction of sp³-hybridized carbons (Fsp3) is 0.357. The molecule has 2 bridgehead atoms. The number of nitrogens with one attached hydrogen (secondary N) is 1. The third-order valence-electron chi connectivity index (χ3n) is 8.72. The largest absolute Gasteiger partial charge is 0.489 e. The number of amides is 2. The third-order valence-corrected chi connectivity index (χ3v) is 11.8. The number of carboxylic acids is 1. The second-order valence-corrected chi connectivity index (χ2v) is 13.8. The molecule has 8 nitrogen and oxygen atoms in total. The molecule has 7 rings (SSSR count). The van der Waals surface area contributed by atoms with Gasteiger partial charge < -0.3 is 14.8 Å². The summed E-state index contributed by atoms with van der Waals surface area (Å²) in [7, 11) is 0. The average molecular weight is 618 g/mol. The van der Waals surface area contributed by atoms with E-state index in [1.807, 2.05) is 24.3 Å². The number of ether oxygens (including phenoxy) is 1. The van der Waals surface area contributed by atoms with Crippen molar-refractivity contribution in [2.24, 2.45) is 29.6 Å². The highest BCUT2D eigenvalue weighted by Crippen LogP contribution is 2.69. The lowest BCUT2D eigenvalue weighted by atomic mass is 9.68. The van der Waals surface area contributed by atoms with Crippen molar-refractivity contribution in [3.8, 4) is 5.75 Å². The van der Waals surface area contributed by atoms with Gasteiger partial charge in [-0.3, -0.25) is 24.1 Å². The molecular weight excluding hydrogens is 595 g/mol. The molecule has 1 saturated heterocycles. The van der Waals surface area contributed by atoms with Crippen molar-refractivity contribution in [2.75, 3.05) is 6.54 Å². The molecule has 7 atom stereocenters. The van der Waals surface area contributed by atoms with Crippen LogP contribution in [0.4, 0.5) is 0 Å². The maximum Gasteiger partial charge on any atom is 0.323 e. The van der Waals surface area contributed by atoms with Crippen LogP contribution in [-0.2, 0) is 21.0 Å². The Balaban J connectivity index is 1.30. The van der Waals surface area contributed by atoms with Gasteiger partial charge in [-0.2, -0.15) is 0 Å². The number of aliphatic carboxylic acids is 1. The van der Waals surface area contributed by atoms with Crippen LogP contribution in [0.15, 0.2) is 52.3 Å². The number of carbonyl (C=O) groups is 3. The number of imide groups is 1. The highest BCUT2D eigenvalue weighted by molar-refractivity contribution is 8.00. The summed E-state index contributed by atoms with van der Waals surface area (Å²) in [5.41, 5.74) is 1.77. The van der Waals surface area contributed by atoms with Gasteiger partial charge in [0.1, 0.15) is 18.9 Å². The molecule has 3 fully saturated rings. The van der Waals surface area contributed by atoms with Gasteiger partial charge >= 0.3 is 10.8 Å². The average Bonchev–Trinajstić information content (AvgIpc) is 3.64. The van der Waals surface area contributed by atoms with Gasteiger partial charge in [0.25, 0.3) is 0 Å². The summed E-state index contributed by atoms with van der Waals surface area (Å²) >= 11 is 15.3. The Bertz CT molecular complexity index is 1620. The zero-order chi connectivity index (χ0) is 27.9. The molecule has 2 aliphatic carbocycles. The number of rotatable bonds is 6. The van der Waals surface area contributed by atoms with E-state index in [9.17, 15) is 24.3 Å². The summed E-state index contributed by atoms with van der Waals surface area (Å²) in [5.74, 6) is -3.04. The number of carboxylic acid groups (broad SMARTS) is 1. The highest BCUT2D eigenvalue weighted by atomic mass is 35.5. The number of thiazole rings is 1. The molecule has 2 amide bonds. The number of aromatic amines is 1. The van der Waals surface area contributed by atoms with Crippen LogP contribution < -0.4 is 9.61 Å². The number of benzene rings is 2. The number of likely N-dealkylation sites (tertiary alicyclic amines) is 1. The number of fused-ring (bicyclic) bond motifs is 9. The zero-order valence-corrected chi connectivity index (χ0v) is 23.9. The SMILES string of the molecule is O=C(O)CN1C(=O)C2C3CC(C2C1=O)C1C3Sc2[nH]c(=O)sc2[C@@H]1c1cc(Cl)ccc1OCc1ccc(Cl)cc1. The van der Waals surface area contributed by atoms with Gasteiger partial charge in [0.05, 0.1) is 16.9 Å². The topological polar surface area (TPSA) is 117 Å². The van der Waals surface area contributed by atoms with Crippen molar-refractivity contribution in [1.29, 1.82) is 0 Å². The van der Waals surface area contributed by atoms with Crippen molar-refractivity contribution < 1.29 is 24.2 Å². The van der Waals surface area contributed by atoms with Gasteiger partial charge in [0.15, 0.2) is 0 Å². The number of thioether (sulfide) groups is 1. The number of aromatic nitrogens is 1. The monoisotopic (exact) mass is 616 g/mol. The summed E-state index contributed by atoms with van der Waals surface area (Å²) in [4.78, 5) is 55.3. The lowest BCUT2D eigenvalue weighted by molar-refractivity contribution is -0.149. The van der Waals surface area contributed by atoms with Gasteiger partial charge in [-0.15, -0.1) is 11.8 Å². The molecule has 4 aliphatic rings. The molecule has 0 radical (unpaired) electrons. The maximum absolute atomic E-state index is 13.4. The number of nitrogens with zero attached hydrogens (tertiary/aromatic N) is 1. The first-order chi connectivity index (χ1) is 19.2. The van der Waals surface area contributed by atoms with E-state index in [-0.39, 0.29) is 39.7 Å². The molecule has 2 aromatic carbocycles.